The molecule has 1 amide bonds. The number of nitrogens with one attached hydrogen (secondary N) is 1. The van der Waals surface area contributed by atoms with Crippen molar-refractivity contribution in [3.8, 4) is 0 Å². The highest BCUT2D eigenvalue weighted by molar-refractivity contribution is 7.99. The van der Waals surface area contributed by atoms with Crippen LogP contribution in [0.15, 0.2) is 5.16 Å². The number of thioether (sulfide) groups is 1. The number of aliphatic carboxylic acids is 1. The van der Waals surface area contributed by atoms with Gasteiger partial charge in [-0.25, -0.2) is 0 Å². The van der Waals surface area contributed by atoms with Crippen LogP contribution >= 0.6 is 11.8 Å². The van der Waals surface area contributed by atoms with E-state index in [2.05, 4.69) is 15.5 Å². The maximum absolute atomic E-state index is 12.0. The minimum atomic E-state index is -0.924. The second kappa shape index (κ2) is 5.60. The summed E-state index contributed by atoms with van der Waals surface area (Å²) in [5.74, 6) is -0.504. The quantitative estimate of drug-likeness (QED) is 0.743. The standard InChI is InChI=1S/C11H16N4O3S/c1-6(10(18)12-8-3-4-8)15-7(2)13-14-11(15)19-5-9(16)17/h6,8H,3-5H2,1-2H3,(H,12,18)(H,16,17). The van der Waals surface area contributed by atoms with Crippen molar-refractivity contribution in [1.29, 1.82) is 0 Å². The molecule has 1 saturated carbocycles. The number of hydrogen-bond acceptors (Lipinski definition) is 5. The molecule has 1 aromatic rings. The zero-order chi connectivity index (χ0) is 14.0. The van der Waals surface area contributed by atoms with Gasteiger partial charge < -0.3 is 10.4 Å². The van der Waals surface area contributed by atoms with E-state index in [9.17, 15) is 9.59 Å². The van der Waals surface area contributed by atoms with E-state index in [1.165, 1.54) is 0 Å². The van der Waals surface area contributed by atoms with Crippen molar-refractivity contribution in [3.63, 3.8) is 0 Å². The van der Waals surface area contributed by atoms with Crippen molar-refractivity contribution < 1.29 is 14.7 Å². The number of carbonyl (C=O) groups is 2. The highest BCUT2D eigenvalue weighted by atomic mass is 32.2. The van der Waals surface area contributed by atoms with E-state index in [1.807, 2.05) is 0 Å². The summed E-state index contributed by atoms with van der Waals surface area (Å²) in [5.41, 5.74) is 0. The largest absolute Gasteiger partial charge is 0.481 e. The van der Waals surface area contributed by atoms with Gasteiger partial charge in [0.25, 0.3) is 0 Å². The first kappa shape index (κ1) is 13.9. The molecule has 0 aliphatic heterocycles. The molecule has 1 aromatic heterocycles. The van der Waals surface area contributed by atoms with Gasteiger partial charge in [-0.2, -0.15) is 0 Å². The Bertz CT molecular complexity index is 498. The molecular formula is C11H16N4O3S. The minimum Gasteiger partial charge on any atom is -0.481 e. The lowest BCUT2D eigenvalue weighted by Gasteiger charge is -2.16. The average Bonchev–Trinajstić information content (AvgIpc) is 3.08. The van der Waals surface area contributed by atoms with Crippen LogP contribution in [0.2, 0.25) is 0 Å². The van der Waals surface area contributed by atoms with Gasteiger partial charge in [-0.05, 0) is 26.7 Å². The van der Waals surface area contributed by atoms with Crippen molar-refractivity contribution in [3.05, 3.63) is 5.82 Å². The summed E-state index contributed by atoms with van der Waals surface area (Å²) in [4.78, 5) is 22.6. The minimum absolute atomic E-state index is 0.0809. The van der Waals surface area contributed by atoms with Gasteiger partial charge in [0.1, 0.15) is 11.9 Å². The second-order valence-corrected chi connectivity index (χ2v) is 5.48. The van der Waals surface area contributed by atoms with Gasteiger partial charge in [0.2, 0.25) is 5.91 Å². The number of aryl methyl sites for hydroxylation is 1. The van der Waals surface area contributed by atoms with E-state index in [0.29, 0.717) is 17.0 Å². The predicted octanol–water partition coefficient (Wildman–Crippen LogP) is 0.603. The molecule has 1 heterocycles. The summed E-state index contributed by atoms with van der Waals surface area (Å²) in [6, 6.07) is -0.145. The lowest BCUT2D eigenvalue weighted by Crippen LogP contribution is -2.33. The number of carbonyl (C=O) groups excluding carboxylic acids is 1. The fourth-order valence-corrected chi connectivity index (χ4v) is 2.47. The predicted molar refractivity (Wildman–Crippen MR) is 69.0 cm³/mol. The third-order valence-electron chi connectivity index (χ3n) is 2.85. The summed E-state index contributed by atoms with van der Waals surface area (Å²) < 4.78 is 1.67. The molecule has 2 rings (SSSR count). The fraction of sp³-hybridized carbons (Fsp3) is 0.636. The number of carboxylic acid groups (broad SMARTS) is 1. The Kier molecular flexibility index (Phi) is 4.08. The molecule has 1 unspecified atom stereocenters. The van der Waals surface area contributed by atoms with Crippen molar-refractivity contribution in [2.24, 2.45) is 0 Å². The number of nitrogens with zero attached hydrogens (tertiary/aromatic N) is 3. The molecule has 7 nitrogen and oxygen atoms in total. The Hall–Kier alpha value is -1.57. The molecule has 2 N–H and O–H groups in total. The van der Waals surface area contributed by atoms with E-state index < -0.39 is 12.0 Å². The molecule has 1 atom stereocenters. The van der Waals surface area contributed by atoms with Crippen LogP contribution in [0.5, 0.6) is 0 Å². The van der Waals surface area contributed by atoms with Gasteiger partial charge in [0.15, 0.2) is 5.16 Å². The summed E-state index contributed by atoms with van der Waals surface area (Å²) in [6.07, 6.45) is 2.06. The summed E-state index contributed by atoms with van der Waals surface area (Å²) in [5, 5.41) is 19.9. The zero-order valence-corrected chi connectivity index (χ0v) is 11.6. The maximum atomic E-state index is 12.0. The van der Waals surface area contributed by atoms with Gasteiger partial charge in [0, 0.05) is 6.04 Å². The van der Waals surface area contributed by atoms with Gasteiger partial charge in [0.05, 0.1) is 5.75 Å². The van der Waals surface area contributed by atoms with E-state index in [0.717, 1.165) is 24.6 Å². The number of rotatable bonds is 6. The molecule has 0 bridgehead atoms. The van der Waals surface area contributed by atoms with Gasteiger partial charge in [-0.15, -0.1) is 10.2 Å². The Morgan fingerprint density at radius 3 is 2.79 bits per heavy atom. The number of hydrogen-bond donors (Lipinski definition) is 2. The molecule has 1 aliphatic carbocycles. The third-order valence-corrected chi connectivity index (χ3v) is 3.78. The van der Waals surface area contributed by atoms with Crippen molar-refractivity contribution in [1.82, 2.24) is 20.1 Å². The SMILES string of the molecule is Cc1nnc(SCC(=O)O)n1C(C)C(=O)NC1CC1. The highest BCUT2D eigenvalue weighted by Crippen LogP contribution is 2.23. The Labute approximate surface area is 114 Å². The van der Waals surface area contributed by atoms with Gasteiger partial charge >= 0.3 is 5.97 Å². The van der Waals surface area contributed by atoms with Crippen LogP contribution in [0.25, 0.3) is 0 Å². The van der Waals surface area contributed by atoms with E-state index in [-0.39, 0.29) is 11.7 Å². The van der Waals surface area contributed by atoms with Gasteiger partial charge in [-0.1, -0.05) is 11.8 Å². The first-order chi connectivity index (χ1) is 8.99. The maximum Gasteiger partial charge on any atom is 0.313 e. The van der Waals surface area contributed by atoms with Gasteiger partial charge in [-0.3, -0.25) is 14.2 Å². The zero-order valence-electron chi connectivity index (χ0n) is 10.8. The lowest BCUT2D eigenvalue weighted by molar-refractivity contribution is -0.134. The first-order valence-electron chi connectivity index (χ1n) is 6.05. The number of amides is 1. The van der Waals surface area contributed by atoms with Crippen LogP contribution in [0.3, 0.4) is 0 Å². The smallest absolute Gasteiger partial charge is 0.313 e. The van der Waals surface area contributed by atoms with Crippen LogP contribution in [-0.2, 0) is 9.59 Å². The fourth-order valence-electron chi connectivity index (χ4n) is 1.69. The first-order valence-corrected chi connectivity index (χ1v) is 7.04. The number of aromatic nitrogens is 3. The van der Waals surface area contributed by atoms with Crippen molar-refractivity contribution in [2.45, 2.75) is 43.9 Å². The number of carboxylic acids is 1. The topological polar surface area (TPSA) is 97.1 Å². The monoisotopic (exact) mass is 284 g/mol. The third kappa shape index (κ3) is 3.46. The Morgan fingerprint density at radius 2 is 2.21 bits per heavy atom. The van der Waals surface area contributed by atoms with E-state index >= 15 is 0 Å². The Morgan fingerprint density at radius 1 is 1.53 bits per heavy atom. The summed E-state index contributed by atoms with van der Waals surface area (Å²) in [7, 11) is 0. The lowest BCUT2D eigenvalue weighted by atomic mass is 10.3. The van der Waals surface area contributed by atoms with Crippen LogP contribution in [0, 0.1) is 6.92 Å². The highest BCUT2D eigenvalue weighted by Gasteiger charge is 2.28. The molecule has 0 saturated heterocycles. The van der Waals surface area contributed by atoms with E-state index in [4.69, 9.17) is 5.11 Å². The normalized spacial score (nSPS) is 16.1. The van der Waals surface area contributed by atoms with E-state index in [1.54, 1.807) is 18.4 Å². The van der Waals surface area contributed by atoms with Crippen molar-refractivity contribution >= 4 is 23.6 Å². The molecule has 104 valence electrons. The van der Waals surface area contributed by atoms with Crippen molar-refractivity contribution in [2.75, 3.05) is 5.75 Å². The molecular weight excluding hydrogens is 268 g/mol. The average molecular weight is 284 g/mol. The van der Waals surface area contributed by atoms with Crippen LogP contribution in [0.1, 0.15) is 31.6 Å². The molecule has 19 heavy (non-hydrogen) atoms. The second-order valence-electron chi connectivity index (χ2n) is 4.54. The molecule has 8 heteroatoms. The summed E-state index contributed by atoms with van der Waals surface area (Å²) >= 11 is 1.07. The van der Waals surface area contributed by atoms with Crippen LogP contribution in [0.4, 0.5) is 0 Å². The Balaban J connectivity index is 2.09. The molecule has 1 fully saturated rings. The molecule has 1 aliphatic rings. The summed E-state index contributed by atoms with van der Waals surface area (Å²) in [6.45, 7) is 3.51. The van der Waals surface area contributed by atoms with Crippen LogP contribution in [-0.4, -0.2) is 43.5 Å². The molecule has 0 spiro atoms. The molecule has 0 radical (unpaired) electrons. The molecule has 0 aromatic carbocycles. The van der Waals surface area contributed by atoms with Crippen LogP contribution < -0.4 is 5.32 Å².